The van der Waals surface area contributed by atoms with Crippen molar-refractivity contribution in [3.05, 3.63) is 60.2 Å². The van der Waals surface area contributed by atoms with Gasteiger partial charge >= 0.3 is 0 Å². The average Bonchev–Trinajstić information content (AvgIpc) is 2.60. The van der Waals surface area contributed by atoms with E-state index in [4.69, 9.17) is 4.74 Å². The number of hydrogen-bond acceptors (Lipinski definition) is 3. The molecule has 0 saturated carbocycles. The molecule has 0 heterocycles. The maximum absolute atomic E-state index is 12.5. The van der Waals surface area contributed by atoms with Crippen LogP contribution in [0.25, 0.3) is 0 Å². The summed E-state index contributed by atoms with van der Waals surface area (Å²) < 4.78 is 5.08. The van der Waals surface area contributed by atoms with Gasteiger partial charge in [0.15, 0.2) is 0 Å². The van der Waals surface area contributed by atoms with Crippen LogP contribution in [-0.4, -0.2) is 25.0 Å². The lowest BCUT2D eigenvalue weighted by molar-refractivity contribution is -0.118. The molecule has 0 fully saturated rings. The van der Waals surface area contributed by atoms with E-state index in [0.29, 0.717) is 17.0 Å². The van der Waals surface area contributed by atoms with Gasteiger partial charge in [0.1, 0.15) is 11.8 Å². The van der Waals surface area contributed by atoms with Crippen molar-refractivity contribution in [2.24, 2.45) is 5.92 Å². The smallest absolute Gasteiger partial charge is 0.251 e. The zero-order chi connectivity index (χ0) is 17.5. The van der Waals surface area contributed by atoms with E-state index < -0.39 is 6.04 Å². The molecule has 0 aromatic heterocycles. The SMILES string of the molecule is COc1ccc(C(=O)N[C@H](C(=O)Nc2ccccc2)C(C)C)cc1. The molecule has 2 rings (SSSR count). The predicted octanol–water partition coefficient (Wildman–Crippen LogP) is 3.09. The summed E-state index contributed by atoms with van der Waals surface area (Å²) in [5.74, 6) is 0.0994. The van der Waals surface area contributed by atoms with E-state index in [1.165, 1.54) is 0 Å². The number of para-hydroxylation sites is 1. The molecule has 5 nitrogen and oxygen atoms in total. The molecular formula is C19H22N2O3. The number of hydrogen-bond donors (Lipinski definition) is 2. The predicted molar refractivity (Wildman–Crippen MR) is 94.2 cm³/mol. The first-order valence-electron chi connectivity index (χ1n) is 7.82. The fourth-order valence-corrected chi connectivity index (χ4v) is 2.24. The fourth-order valence-electron chi connectivity index (χ4n) is 2.24. The summed E-state index contributed by atoms with van der Waals surface area (Å²) in [5, 5.41) is 5.62. The maximum atomic E-state index is 12.5. The molecule has 2 amide bonds. The zero-order valence-corrected chi connectivity index (χ0v) is 14.1. The lowest BCUT2D eigenvalue weighted by Gasteiger charge is -2.21. The van der Waals surface area contributed by atoms with Crippen LogP contribution in [0.5, 0.6) is 5.75 Å². The lowest BCUT2D eigenvalue weighted by Crippen LogP contribution is -2.47. The number of carbonyl (C=O) groups is 2. The van der Waals surface area contributed by atoms with E-state index in [-0.39, 0.29) is 17.7 Å². The molecule has 126 valence electrons. The summed E-state index contributed by atoms with van der Waals surface area (Å²) in [6.45, 7) is 3.78. The maximum Gasteiger partial charge on any atom is 0.251 e. The summed E-state index contributed by atoms with van der Waals surface area (Å²) in [6.07, 6.45) is 0. The number of nitrogens with one attached hydrogen (secondary N) is 2. The van der Waals surface area contributed by atoms with Crippen molar-refractivity contribution in [3.63, 3.8) is 0 Å². The third-order valence-corrected chi connectivity index (χ3v) is 3.63. The van der Waals surface area contributed by atoms with Crippen LogP contribution in [0.2, 0.25) is 0 Å². The van der Waals surface area contributed by atoms with Crippen LogP contribution in [0, 0.1) is 5.92 Å². The molecule has 0 unspecified atom stereocenters. The van der Waals surface area contributed by atoms with Crippen molar-refractivity contribution >= 4 is 17.5 Å². The monoisotopic (exact) mass is 326 g/mol. The molecular weight excluding hydrogens is 304 g/mol. The molecule has 0 radical (unpaired) electrons. The number of methoxy groups -OCH3 is 1. The van der Waals surface area contributed by atoms with Gasteiger partial charge in [-0.2, -0.15) is 0 Å². The Hall–Kier alpha value is -2.82. The first-order valence-corrected chi connectivity index (χ1v) is 7.82. The molecule has 1 atom stereocenters. The average molecular weight is 326 g/mol. The van der Waals surface area contributed by atoms with Gasteiger partial charge in [0.2, 0.25) is 5.91 Å². The highest BCUT2D eigenvalue weighted by Crippen LogP contribution is 2.13. The van der Waals surface area contributed by atoms with Crippen LogP contribution >= 0.6 is 0 Å². The van der Waals surface area contributed by atoms with Crippen molar-refractivity contribution in [2.75, 3.05) is 12.4 Å². The Bertz CT molecular complexity index is 682. The quantitative estimate of drug-likeness (QED) is 0.857. The summed E-state index contributed by atoms with van der Waals surface area (Å²) in [6, 6.07) is 15.3. The fraction of sp³-hybridized carbons (Fsp3) is 0.263. The van der Waals surface area contributed by atoms with Gasteiger partial charge < -0.3 is 15.4 Å². The second kappa shape index (κ2) is 8.15. The van der Waals surface area contributed by atoms with Gasteiger partial charge in [0, 0.05) is 11.3 Å². The minimum Gasteiger partial charge on any atom is -0.497 e. The first kappa shape index (κ1) is 17.5. The number of anilines is 1. The molecule has 0 spiro atoms. The molecule has 2 N–H and O–H groups in total. The van der Waals surface area contributed by atoms with Crippen LogP contribution in [0.15, 0.2) is 54.6 Å². The van der Waals surface area contributed by atoms with Crippen LogP contribution in [0.4, 0.5) is 5.69 Å². The van der Waals surface area contributed by atoms with Gasteiger partial charge in [0.25, 0.3) is 5.91 Å². The Morgan fingerprint density at radius 2 is 1.58 bits per heavy atom. The number of ether oxygens (including phenoxy) is 1. The minimum atomic E-state index is -0.625. The number of rotatable bonds is 6. The minimum absolute atomic E-state index is 0.0455. The number of carbonyl (C=O) groups excluding carboxylic acids is 2. The van der Waals surface area contributed by atoms with E-state index in [2.05, 4.69) is 10.6 Å². The number of amides is 2. The highest BCUT2D eigenvalue weighted by Gasteiger charge is 2.24. The van der Waals surface area contributed by atoms with Crippen LogP contribution < -0.4 is 15.4 Å². The van der Waals surface area contributed by atoms with Crippen molar-refractivity contribution in [3.8, 4) is 5.75 Å². The third-order valence-electron chi connectivity index (χ3n) is 3.63. The lowest BCUT2D eigenvalue weighted by atomic mass is 10.0. The Morgan fingerprint density at radius 3 is 2.12 bits per heavy atom. The van der Waals surface area contributed by atoms with Crippen molar-refractivity contribution in [1.29, 1.82) is 0 Å². The van der Waals surface area contributed by atoms with Crippen molar-refractivity contribution < 1.29 is 14.3 Å². The van der Waals surface area contributed by atoms with E-state index in [1.807, 2.05) is 32.0 Å². The second-order valence-electron chi connectivity index (χ2n) is 5.78. The first-order chi connectivity index (χ1) is 11.5. The number of benzene rings is 2. The van der Waals surface area contributed by atoms with Crippen LogP contribution in [-0.2, 0) is 4.79 Å². The molecule has 0 bridgehead atoms. The molecule has 2 aromatic carbocycles. The molecule has 5 heteroatoms. The van der Waals surface area contributed by atoms with Gasteiger partial charge in [-0.1, -0.05) is 32.0 Å². The van der Waals surface area contributed by atoms with Gasteiger partial charge in [-0.25, -0.2) is 0 Å². The zero-order valence-electron chi connectivity index (χ0n) is 14.1. The Balaban J connectivity index is 2.06. The van der Waals surface area contributed by atoms with Crippen molar-refractivity contribution in [1.82, 2.24) is 5.32 Å². The van der Waals surface area contributed by atoms with Crippen LogP contribution in [0.1, 0.15) is 24.2 Å². The summed E-state index contributed by atoms with van der Waals surface area (Å²) in [4.78, 5) is 24.9. The van der Waals surface area contributed by atoms with E-state index >= 15 is 0 Å². The van der Waals surface area contributed by atoms with Gasteiger partial charge in [-0.05, 0) is 42.3 Å². The topological polar surface area (TPSA) is 67.4 Å². The highest BCUT2D eigenvalue weighted by atomic mass is 16.5. The van der Waals surface area contributed by atoms with Gasteiger partial charge in [-0.3, -0.25) is 9.59 Å². The van der Waals surface area contributed by atoms with E-state index in [9.17, 15) is 9.59 Å². The molecule has 24 heavy (non-hydrogen) atoms. The molecule has 0 saturated heterocycles. The second-order valence-corrected chi connectivity index (χ2v) is 5.78. The highest BCUT2D eigenvalue weighted by molar-refractivity contribution is 6.01. The Kier molecular flexibility index (Phi) is 5.95. The normalized spacial score (nSPS) is 11.7. The van der Waals surface area contributed by atoms with E-state index in [0.717, 1.165) is 0 Å². The molecule has 0 aliphatic rings. The summed E-state index contributed by atoms with van der Waals surface area (Å²) in [7, 11) is 1.57. The van der Waals surface area contributed by atoms with E-state index in [1.54, 1.807) is 43.5 Å². The van der Waals surface area contributed by atoms with Crippen molar-refractivity contribution in [2.45, 2.75) is 19.9 Å². The Morgan fingerprint density at radius 1 is 0.958 bits per heavy atom. The Labute approximate surface area is 142 Å². The van der Waals surface area contributed by atoms with Gasteiger partial charge in [-0.15, -0.1) is 0 Å². The third kappa shape index (κ3) is 4.59. The van der Waals surface area contributed by atoms with Gasteiger partial charge in [0.05, 0.1) is 7.11 Å². The molecule has 2 aromatic rings. The standard InChI is InChI=1S/C19H22N2O3/c1-13(2)17(19(23)20-15-7-5-4-6-8-15)21-18(22)14-9-11-16(24-3)12-10-14/h4-13,17H,1-3H3,(H,20,23)(H,21,22)/t17-/m0/s1. The summed E-state index contributed by atoms with van der Waals surface area (Å²) >= 11 is 0. The largest absolute Gasteiger partial charge is 0.497 e. The molecule has 0 aliphatic heterocycles. The van der Waals surface area contributed by atoms with Crippen LogP contribution in [0.3, 0.4) is 0 Å². The molecule has 0 aliphatic carbocycles. The summed E-state index contributed by atoms with van der Waals surface area (Å²) in [5.41, 5.74) is 1.18.